The van der Waals surface area contributed by atoms with Gasteiger partial charge in [-0.05, 0) is 37.0 Å². The van der Waals surface area contributed by atoms with Crippen LogP contribution in [0.3, 0.4) is 0 Å². The molecule has 2 aliphatic rings. The Hall–Kier alpha value is -1.55. The van der Waals surface area contributed by atoms with Crippen LogP contribution in [0.4, 0.5) is 0 Å². The maximum absolute atomic E-state index is 11.2. The molecule has 1 aromatic carbocycles. The minimum absolute atomic E-state index is 0.219. The smallest absolute Gasteiger partial charge is 0.307 e. The van der Waals surface area contributed by atoms with Gasteiger partial charge in [-0.2, -0.15) is 0 Å². The van der Waals surface area contributed by atoms with Crippen molar-refractivity contribution in [2.45, 2.75) is 38.8 Å². The number of benzene rings is 1. The molecule has 2 heterocycles. The molecule has 0 aromatic heterocycles. The van der Waals surface area contributed by atoms with Crippen molar-refractivity contribution in [3.05, 3.63) is 29.3 Å². The number of hydrogen-bond donors (Lipinski definition) is 1. The first-order valence-electron chi connectivity index (χ1n) is 7.35. The quantitative estimate of drug-likeness (QED) is 0.919. The van der Waals surface area contributed by atoms with Crippen LogP contribution in [0.25, 0.3) is 0 Å². The maximum atomic E-state index is 11.2. The number of nitrogens with zero attached hydrogens (tertiary/aromatic N) is 1. The molecule has 3 rings (SSSR count). The number of fused-ring (bicyclic) bond motifs is 1. The monoisotopic (exact) mass is 275 g/mol. The Balaban J connectivity index is 1.71. The number of carboxylic acids is 1. The second kappa shape index (κ2) is 5.44. The highest BCUT2D eigenvalue weighted by atomic mass is 16.5. The predicted octanol–water partition coefficient (Wildman–Crippen LogP) is 2.31. The zero-order chi connectivity index (χ0) is 14.1. The van der Waals surface area contributed by atoms with Crippen LogP contribution in [-0.2, 0) is 17.8 Å². The molecule has 1 N–H and O–H groups in total. The van der Waals surface area contributed by atoms with E-state index in [0.717, 1.165) is 38.2 Å². The van der Waals surface area contributed by atoms with Gasteiger partial charge >= 0.3 is 5.97 Å². The van der Waals surface area contributed by atoms with Crippen LogP contribution in [0.1, 0.15) is 30.9 Å². The fourth-order valence-electron chi connectivity index (χ4n) is 3.17. The van der Waals surface area contributed by atoms with Crippen molar-refractivity contribution >= 4 is 5.97 Å². The molecular weight excluding hydrogens is 254 g/mol. The van der Waals surface area contributed by atoms with E-state index in [4.69, 9.17) is 4.74 Å². The van der Waals surface area contributed by atoms with Gasteiger partial charge in [0.05, 0.1) is 12.5 Å². The Kier molecular flexibility index (Phi) is 3.66. The fourth-order valence-corrected chi connectivity index (χ4v) is 3.17. The Morgan fingerprint density at radius 1 is 1.45 bits per heavy atom. The lowest BCUT2D eigenvalue weighted by atomic mass is 9.93. The molecular formula is C16H21NO3. The van der Waals surface area contributed by atoms with Gasteiger partial charge in [-0.25, -0.2) is 0 Å². The molecule has 20 heavy (non-hydrogen) atoms. The summed E-state index contributed by atoms with van der Waals surface area (Å²) >= 11 is 0. The van der Waals surface area contributed by atoms with Gasteiger partial charge in [0, 0.05) is 25.6 Å². The average molecular weight is 275 g/mol. The first kappa shape index (κ1) is 13.4. The predicted molar refractivity (Wildman–Crippen MR) is 75.9 cm³/mol. The molecule has 2 atom stereocenters. The van der Waals surface area contributed by atoms with Crippen LogP contribution in [-0.4, -0.2) is 35.2 Å². The Bertz CT molecular complexity index is 514. The van der Waals surface area contributed by atoms with Crippen LogP contribution in [0, 0.1) is 5.92 Å². The third kappa shape index (κ3) is 2.66. The molecule has 0 saturated carbocycles. The molecule has 2 unspecified atom stereocenters. The van der Waals surface area contributed by atoms with Crippen molar-refractivity contribution in [1.82, 2.24) is 4.90 Å². The SMILES string of the molecule is CC1CCC(C(=O)O)CN1Cc1ccc2c(c1)CCO2. The summed E-state index contributed by atoms with van der Waals surface area (Å²) < 4.78 is 5.52. The van der Waals surface area contributed by atoms with E-state index in [-0.39, 0.29) is 5.92 Å². The average Bonchev–Trinajstić information content (AvgIpc) is 2.88. The lowest BCUT2D eigenvalue weighted by molar-refractivity contribution is -0.144. The summed E-state index contributed by atoms with van der Waals surface area (Å²) in [6.07, 6.45) is 2.74. The van der Waals surface area contributed by atoms with Crippen LogP contribution in [0.2, 0.25) is 0 Å². The molecule has 1 fully saturated rings. The molecule has 4 nitrogen and oxygen atoms in total. The summed E-state index contributed by atoms with van der Waals surface area (Å²) in [5.41, 5.74) is 2.54. The number of carbonyl (C=O) groups is 1. The first-order chi connectivity index (χ1) is 9.63. The third-order valence-electron chi connectivity index (χ3n) is 4.50. The molecule has 2 aliphatic heterocycles. The van der Waals surface area contributed by atoms with Crippen molar-refractivity contribution in [3.8, 4) is 5.75 Å². The van der Waals surface area contributed by atoms with E-state index in [0.29, 0.717) is 12.6 Å². The fraction of sp³-hybridized carbons (Fsp3) is 0.562. The Labute approximate surface area is 119 Å². The number of hydrogen-bond acceptors (Lipinski definition) is 3. The molecule has 0 aliphatic carbocycles. The minimum Gasteiger partial charge on any atom is -0.493 e. The van der Waals surface area contributed by atoms with E-state index in [2.05, 4.69) is 24.0 Å². The number of rotatable bonds is 3. The van der Waals surface area contributed by atoms with Crippen LogP contribution >= 0.6 is 0 Å². The van der Waals surface area contributed by atoms with Crippen LogP contribution < -0.4 is 4.74 Å². The van der Waals surface area contributed by atoms with Gasteiger partial charge in [-0.1, -0.05) is 12.1 Å². The van der Waals surface area contributed by atoms with Gasteiger partial charge in [0.15, 0.2) is 0 Å². The Morgan fingerprint density at radius 2 is 2.30 bits per heavy atom. The van der Waals surface area contributed by atoms with Gasteiger partial charge in [0.2, 0.25) is 0 Å². The maximum Gasteiger partial charge on any atom is 0.307 e. The minimum atomic E-state index is -0.663. The summed E-state index contributed by atoms with van der Waals surface area (Å²) in [4.78, 5) is 13.5. The third-order valence-corrected chi connectivity index (χ3v) is 4.50. The van der Waals surface area contributed by atoms with Crippen molar-refractivity contribution in [2.75, 3.05) is 13.2 Å². The van der Waals surface area contributed by atoms with E-state index in [1.165, 1.54) is 11.1 Å². The molecule has 1 saturated heterocycles. The highest BCUT2D eigenvalue weighted by molar-refractivity contribution is 5.70. The molecule has 0 amide bonds. The number of piperidine rings is 1. The molecule has 0 spiro atoms. The first-order valence-corrected chi connectivity index (χ1v) is 7.35. The van der Waals surface area contributed by atoms with Gasteiger partial charge in [-0.3, -0.25) is 9.69 Å². The van der Waals surface area contributed by atoms with E-state index in [9.17, 15) is 9.90 Å². The topological polar surface area (TPSA) is 49.8 Å². The highest BCUT2D eigenvalue weighted by Crippen LogP contribution is 2.28. The number of ether oxygens (including phenoxy) is 1. The van der Waals surface area contributed by atoms with E-state index in [1.807, 2.05) is 6.07 Å². The van der Waals surface area contributed by atoms with E-state index >= 15 is 0 Å². The van der Waals surface area contributed by atoms with Gasteiger partial charge in [0.25, 0.3) is 0 Å². The van der Waals surface area contributed by atoms with Crippen molar-refractivity contribution in [2.24, 2.45) is 5.92 Å². The molecule has 4 heteroatoms. The van der Waals surface area contributed by atoms with Gasteiger partial charge in [0.1, 0.15) is 5.75 Å². The summed E-state index contributed by atoms with van der Waals surface area (Å²) in [5, 5.41) is 9.19. The van der Waals surface area contributed by atoms with Crippen LogP contribution in [0.5, 0.6) is 5.75 Å². The largest absolute Gasteiger partial charge is 0.493 e. The van der Waals surface area contributed by atoms with E-state index < -0.39 is 5.97 Å². The molecule has 1 aromatic rings. The van der Waals surface area contributed by atoms with Crippen LogP contribution in [0.15, 0.2) is 18.2 Å². The van der Waals surface area contributed by atoms with Crippen molar-refractivity contribution in [1.29, 1.82) is 0 Å². The van der Waals surface area contributed by atoms with Crippen molar-refractivity contribution in [3.63, 3.8) is 0 Å². The Morgan fingerprint density at radius 3 is 3.10 bits per heavy atom. The number of aliphatic carboxylic acids is 1. The summed E-state index contributed by atoms with van der Waals surface area (Å²) in [6, 6.07) is 6.80. The lowest BCUT2D eigenvalue weighted by Crippen LogP contribution is -2.43. The number of carboxylic acid groups (broad SMARTS) is 1. The molecule has 108 valence electrons. The number of likely N-dealkylation sites (tertiary alicyclic amines) is 1. The summed E-state index contributed by atoms with van der Waals surface area (Å²) in [6.45, 7) is 4.46. The summed E-state index contributed by atoms with van der Waals surface area (Å²) in [5.74, 6) is 0.122. The molecule has 0 bridgehead atoms. The van der Waals surface area contributed by atoms with Gasteiger partial charge < -0.3 is 9.84 Å². The summed E-state index contributed by atoms with van der Waals surface area (Å²) in [7, 11) is 0. The zero-order valence-corrected chi connectivity index (χ0v) is 11.8. The van der Waals surface area contributed by atoms with Gasteiger partial charge in [-0.15, -0.1) is 0 Å². The second-order valence-electron chi connectivity index (χ2n) is 5.93. The second-order valence-corrected chi connectivity index (χ2v) is 5.93. The zero-order valence-electron chi connectivity index (χ0n) is 11.8. The van der Waals surface area contributed by atoms with E-state index in [1.54, 1.807) is 0 Å². The molecule has 0 radical (unpaired) electrons. The van der Waals surface area contributed by atoms with Crippen molar-refractivity contribution < 1.29 is 14.6 Å². The normalized spacial score (nSPS) is 26.1. The highest BCUT2D eigenvalue weighted by Gasteiger charge is 2.29. The standard InChI is InChI=1S/C16H21NO3/c1-11-2-4-14(16(18)19)10-17(11)9-12-3-5-15-13(8-12)6-7-20-15/h3,5,8,11,14H,2,4,6-7,9-10H2,1H3,(H,18,19). The lowest BCUT2D eigenvalue weighted by Gasteiger charge is -2.36.